The van der Waals surface area contributed by atoms with Gasteiger partial charge in [-0.15, -0.1) is 0 Å². The van der Waals surface area contributed by atoms with E-state index in [1.807, 2.05) is 11.8 Å². The molecule has 0 bridgehead atoms. The van der Waals surface area contributed by atoms with Crippen LogP contribution in [-0.2, 0) is 4.74 Å². The summed E-state index contributed by atoms with van der Waals surface area (Å²) in [6, 6.07) is 0.235. The monoisotopic (exact) mass is 223 g/mol. The van der Waals surface area contributed by atoms with Crippen molar-refractivity contribution >= 4 is 18.5 Å². The van der Waals surface area contributed by atoms with Gasteiger partial charge < -0.3 is 19.7 Å². The van der Waals surface area contributed by atoms with Gasteiger partial charge in [0.2, 0.25) is 5.95 Å². The van der Waals surface area contributed by atoms with E-state index in [-0.39, 0.29) is 6.04 Å². The number of rotatable bonds is 2. The van der Waals surface area contributed by atoms with Crippen molar-refractivity contribution in [1.82, 2.24) is 9.97 Å². The summed E-state index contributed by atoms with van der Waals surface area (Å²) in [5.74, 6) is 0.597. The van der Waals surface area contributed by atoms with E-state index in [1.165, 1.54) is 12.4 Å². The summed E-state index contributed by atoms with van der Waals surface area (Å²) in [4.78, 5) is 10.3. The maximum Gasteiger partial charge on any atom is 0.491 e. The molecule has 1 aromatic heterocycles. The molecule has 1 saturated heterocycles. The van der Waals surface area contributed by atoms with E-state index in [0.29, 0.717) is 24.6 Å². The van der Waals surface area contributed by atoms with E-state index in [2.05, 4.69) is 9.97 Å². The van der Waals surface area contributed by atoms with Gasteiger partial charge in [-0.05, 0) is 6.92 Å². The number of ether oxygens (including phenoxy) is 1. The van der Waals surface area contributed by atoms with Crippen LogP contribution in [0.15, 0.2) is 12.4 Å². The fraction of sp³-hybridized carbons (Fsp3) is 0.556. The molecule has 1 aromatic rings. The lowest BCUT2D eigenvalue weighted by Crippen LogP contribution is -2.45. The quantitative estimate of drug-likeness (QED) is 0.587. The predicted molar refractivity (Wildman–Crippen MR) is 59.5 cm³/mol. The van der Waals surface area contributed by atoms with Crippen molar-refractivity contribution in [3.63, 3.8) is 0 Å². The molecule has 0 aromatic carbocycles. The van der Waals surface area contributed by atoms with Gasteiger partial charge in [-0.3, -0.25) is 0 Å². The van der Waals surface area contributed by atoms with E-state index < -0.39 is 7.12 Å². The van der Waals surface area contributed by atoms with Crippen LogP contribution in [0, 0.1) is 0 Å². The Balaban J connectivity index is 2.14. The van der Waals surface area contributed by atoms with Gasteiger partial charge in [0, 0.05) is 24.4 Å². The third-order valence-electron chi connectivity index (χ3n) is 2.58. The summed E-state index contributed by atoms with van der Waals surface area (Å²) in [5, 5.41) is 17.8. The fourth-order valence-corrected chi connectivity index (χ4v) is 1.64. The largest absolute Gasteiger partial charge is 0.491 e. The molecule has 6 nitrogen and oxygen atoms in total. The third kappa shape index (κ3) is 2.32. The average Bonchev–Trinajstić information content (AvgIpc) is 2.30. The zero-order chi connectivity index (χ0) is 11.5. The van der Waals surface area contributed by atoms with E-state index >= 15 is 0 Å². The molecule has 1 aliphatic rings. The molecule has 0 saturated carbocycles. The molecule has 2 heterocycles. The van der Waals surface area contributed by atoms with Crippen molar-refractivity contribution in [2.24, 2.45) is 0 Å². The minimum atomic E-state index is -1.52. The lowest BCUT2D eigenvalue weighted by molar-refractivity contribution is 0.0981. The molecular formula is C9H14BN3O3. The first-order valence-corrected chi connectivity index (χ1v) is 5.21. The number of morpholine rings is 1. The summed E-state index contributed by atoms with van der Waals surface area (Å²) < 4.78 is 5.32. The Hall–Kier alpha value is -1.18. The van der Waals surface area contributed by atoms with E-state index in [1.54, 1.807) is 0 Å². The Bertz CT molecular complexity index is 346. The van der Waals surface area contributed by atoms with Crippen LogP contribution in [0.1, 0.15) is 6.92 Å². The molecule has 0 unspecified atom stereocenters. The molecule has 0 aliphatic carbocycles. The highest BCUT2D eigenvalue weighted by Gasteiger charge is 2.21. The fourth-order valence-electron chi connectivity index (χ4n) is 1.64. The molecule has 0 spiro atoms. The van der Waals surface area contributed by atoms with Gasteiger partial charge in [0.1, 0.15) is 0 Å². The molecule has 1 fully saturated rings. The van der Waals surface area contributed by atoms with Crippen LogP contribution in [0.3, 0.4) is 0 Å². The van der Waals surface area contributed by atoms with E-state index in [0.717, 1.165) is 6.54 Å². The minimum absolute atomic E-state index is 0.235. The smallest absolute Gasteiger partial charge is 0.423 e. The first-order valence-electron chi connectivity index (χ1n) is 5.21. The first kappa shape index (κ1) is 11.3. The molecular weight excluding hydrogens is 209 g/mol. The van der Waals surface area contributed by atoms with Crippen LogP contribution in [0.25, 0.3) is 0 Å². The number of anilines is 1. The topological polar surface area (TPSA) is 78.7 Å². The van der Waals surface area contributed by atoms with Crippen molar-refractivity contribution in [2.75, 3.05) is 24.7 Å². The van der Waals surface area contributed by atoms with Gasteiger partial charge in [0.15, 0.2) is 0 Å². The molecule has 86 valence electrons. The summed E-state index contributed by atoms with van der Waals surface area (Å²) in [6.07, 6.45) is 2.85. The molecule has 16 heavy (non-hydrogen) atoms. The summed E-state index contributed by atoms with van der Waals surface area (Å²) in [6.45, 7) is 4.12. The van der Waals surface area contributed by atoms with Gasteiger partial charge in [-0.1, -0.05) is 0 Å². The second kappa shape index (κ2) is 4.77. The van der Waals surface area contributed by atoms with E-state index in [4.69, 9.17) is 14.8 Å². The maximum absolute atomic E-state index is 8.92. The maximum atomic E-state index is 8.92. The molecule has 7 heteroatoms. The van der Waals surface area contributed by atoms with E-state index in [9.17, 15) is 0 Å². The van der Waals surface area contributed by atoms with Crippen LogP contribution in [-0.4, -0.2) is 52.9 Å². The predicted octanol–water partition coefficient (Wildman–Crippen LogP) is -1.62. The van der Waals surface area contributed by atoms with Crippen molar-refractivity contribution in [3.05, 3.63) is 12.4 Å². The second-order valence-corrected chi connectivity index (χ2v) is 3.81. The van der Waals surface area contributed by atoms with Crippen LogP contribution in [0.2, 0.25) is 0 Å². The molecule has 1 atom stereocenters. The van der Waals surface area contributed by atoms with Gasteiger partial charge in [-0.25, -0.2) is 9.97 Å². The zero-order valence-electron chi connectivity index (χ0n) is 9.08. The highest BCUT2D eigenvalue weighted by molar-refractivity contribution is 6.58. The van der Waals surface area contributed by atoms with Crippen molar-refractivity contribution in [1.29, 1.82) is 0 Å². The van der Waals surface area contributed by atoms with Crippen molar-refractivity contribution < 1.29 is 14.8 Å². The van der Waals surface area contributed by atoms with Gasteiger partial charge in [-0.2, -0.15) is 0 Å². The Morgan fingerprint density at radius 1 is 1.44 bits per heavy atom. The highest BCUT2D eigenvalue weighted by atomic mass is 16.5. The SMILES string of the molecule is C[C@H]1COCCN1c1ncc(B(O)O)cn1. The van der Waals surface area contributed by atoms with Gasteiger partial charge >= 0.3 is 7.12 Å². The molecule has 0 amide bonds. The van der Waals surface area contributed by atoms with Gasteiger partial charge in [0.05, 0.1) is 19.3 Å². The molecule has 2 N–H and O–H groups in total. The normalized spacial score (nSPS) is 20.9. The molecule has 2 rings (SSSR count). The Morgan fingerprint density at radius 2 is 2.12 bits per heavy atom. The summed E-state index contributed by atoms with van der Waals surface area (Å²) in [5.41, 5.74) is 0.296. The Labute approximate surface area is 94.0 Å². The molecule has 0 radical (unpaired) electrons. The first-order chi connectivity index (χ1) is 7.68. The number of hydrogen-bond acceptors (Lipinski definition) is 6. The van der Waals surface area contributed by atoms with Crippen LogP contribution < -0.4 is 10.4 Å². The number of aromatic nitrogens is 2. The summed E-state index contributed by atoms with van der Waals surface area (Å²) >= 11 is 0. The third-order valence-corrected chi connectivity index (χ3v) is 2.58. The number of nitrogens with zero attached hydrogens (tertiary/aromatic N) is 3. The van der Waals surface area contributed by atoms with Crippen molar-refractivity contribution in [3.8, 4) is 0 Å². The number of hydrogen-bond donors (Lipinski definition) is 2. The average molecular weight is 223 g/mol. The lowest BCUT2D eigenvalue weighted by Gasteiger charge is -2.33. The van der Waals surface area contributed by atoms with Crippen LogP contribution in [0.5, 0.6) is 0 Å². The van der Waals surface area contributed by atoms with Gasteiger partial charge in [0.25, 0.3) is 0 Å². The van der Waals surface area contributed by atoms with Crippen LogP contribution in [0.4, 0.5) is 5.95 Å². The molecule has 1 aliphatic heterocycles. The highest BCUT2D eigenvalue weighted by Crippen LogP contribution is 2.12. The Kier molecular flexibility index (Phi) is 3.38. The Morgan fingerprint density at radius 3 is 2.69 bits per heavy atom. The minimum Gasteiger partial charge on any atom is -0.423 e. The lowest BCUT2D eigenvalue weighted by atomic mass is 9.83. The zero-order valence-corrected chi connectivity index (χ0v) is 9.08. The second-order valence-electron chi connectivity index (χ2n) is 3.81. The van der Waals surface area contributed by atoms with Crippen molar-refractivity contribution in [2.45, 2.75) is 13.0 Å². The van der Waals surface area contributed by atoms with Crippen LogP contribution >= 0.6 is 0 Å². The summed E-state index contributed by atoms with van der Waals surface area (Å²) in [7, 11) is -1.52. The standard InChI is InChI=1S/C9H14BN3O3/c1-7-6-16-3-2-13(7)9-11-4-8(5-12-9)10(14)15/h4-5,7,14-15H,2-3,6H2,1H3/t7-/m0/s1.